The number of benzene rings is 1. The fourth-order valence-electron chi connectivity index (χ4n) is 1.35. The highest BCUT2D eigenvalue weighted by atomic mass is 35.5. The van der Waals surface area contributed by atoms with Crippen LogP contribution in [0.2, 0.25) is 5.02 Å². The van der Waals surface area contributed by atoms with E-state index in [1.165, 1.54) is 5.56 Å². The second-order valence-electron chi connectivity index (χ2n) is 2.67. The highest BCUT2D eigenvalue weighted by Gasteiger charge is 2.18. The Balaban J connectivity index is 2.54. The smallest absolute Gasteiger partial charge is 0.145 e. The first-order chi connectivity index (χ1) is 5.83. The normalized spacial score (nSPS) is 13.8. The first-order valence-corrected chi connectivity index (χ1v) is 4.19. The number of halogens is 1. The van der Waals surface area contributed by atoms with Crippen LogP contribution in [-0.4, -0.2) is 13.7 Å². The van der Waals surface area contributed by atoms with Crippen LogP contribution in [0.1, 0.15) is 5.56 Å². The number of fused-ring (bicyclic) bond motifs is 1. The van der Waals surface area contributed by atoms with Crippen molar-refractivity contribution in [2.75, 3.05) is 13.7 Å². The van der Waals surface area contributed by atoms with E-state index >= 15 is 0 Å². The Morgan fingerprint density at radius 1 is 1.50 bits per heavy atom. The molecule has 0 bridgehead atoms. The first-order valence-electron chi connectivity index (χ1n) is 3.81. The van der Waals surface area contributed by atoms with Gasteiger partial charge in [0.25, 0.3) is 0 Å². The number of hydrogen-bond donors (Lipinski definition) is 0. The van der Waals surface area contributed by atoms with Gasteiger partial charge >= 0.3 is 0 Å². The highest BCUT2D eigenvalue weighted by Crippen LogP contribution is 2.39. The number of hydrogen-bond acceptors (Lipinski definition) is 2. The average Bonchev–Trinajstić information content (AvgIpc) is 2.53. The Kier molecular flexibility index (Phi) is 1.85. The van der Waals surface area contributed by atoms with Crippen LogP contribution in [0.3, 0.4) is 0 Å². The zero-order chi connectivity index (χ0) is 8.55. The summed E-state index contributed by atoms with van der Waals surface area (Å²) < 4.78 is 10.4. The standard InChI is InChI=1S/C9H9ClO2/c1-11-7-3-2-6-4-5-12-9(6)8(7)10/h2-3H,4-5H2,1H3. The van der Waals surface area contributed by atoms with E-state index in [1.807, 2.05) is 12.1 Å². The molecule has 0 radical (unpaired) electrons. The molecule has 0 atom stereocenters. The molecule has 12 heavy (non-hydrogen) atoms. The second-order valence-corrected chi connectivity index (χ2v) is 3.05. The van der Waals surface area contributed by atoms with Crippen LogP contribution in [0.15, 0.2) is 12.1 Å². The van der Waals surface area contributed by atoms with Crippen molar-refractivity contribution in [2.24, 2.45) is 0 Å². The van der Waals surface area contributed by atoms with Crippen LogP contribution in [0.25, 0.3) is 0 Å². The van der Waals surface area contributed by atoms with Crippen LogP contribution in [0, 0.1) is 0 Å². The summed E-state index contributed by atoms with van der Waals surface area (Å²) in [6, 6.07) is 3.86. The van der Waals surface area contributed by atoms with E-state index in [0.717, 1.165) is 18.8 Å². The van der Waals surface area contributed by atoms with Gasteiger partial charge in [-0.25, -0.2) is 0 Å². The average molecular weight is 185 g/mol. The van der Waals surface area contributed by atoms with E-state index in [-0.39, 0.29) is 0 Å². The molecule has 0 spiro atoms. The topological polar surface area (TPSA) is 18.5 Å². The van der Waals surface area contributed by atoms with E-state index in [9.17, 15) is 0 Å². The lowest BCUT2D eigenvalue weighted by Gasteiger charge is -2.06. The summed E-state index contributed by atoms with van der Waals surface area (Å²) in [5.41, 5.74) is 1.17. The van der Waals surface area contributed by atoms with Crippen molar-refractivity contribution in [1.29, 1.82) is 0 Å². The van der Waals surface area contributed by atoms with Gasteiger partial charge in [-0.3, -0.25) is 0 Å². The molecule has 2 rings (SSSR count). The van der Waals surface area contributed by atoms with E-state index in [2.05, 4.69) is 0 Å². The van der Waals surface area contributed by atoms with Gasteiger partial charge in [0.2, 0.25) is 0 Å². The predicted molar refractivity (Wildman–Crippen MR) is 47.2 cm³/mol. The first kappa shape index (κ1) is 7.74. The van der Waals surface area contributed by atoms with Crippen LogP contribution in [-0.2, 0) is 6.42 Å². The Labute approximate surface area is 76.1 Å². The Morgan fingerprint density at radius 3 is 3.08 bits per heavy atom. The molecular weight excluding hydrogens is 176 g/mol. The molecule has 1 aliphatic heterocycles. The van der Waals surface area contributed by atoms with Crippen molar-refractivity contribution in [3.63, 3.8) is 0 Å². The minimum atomic E-state index is 0.590. The third kappa shape index (κ3) is 1.03. The van der Waals surface area contributed by atoms with Gasteiger partial charge in [-0.1, -0.05) is 17.7 Å². The van der Waals surface area contributed by atoms with Gasteiger partial charge in [-0.2, -0.15) is 0 Å². The summed E-state index contributed by atoms with van der Waals surface area (Å²) in [4.78, 5) is 0. The van der Waals surface area contributed by atoms with Crippen LogP contribution < -0.4 is 9.47 Å². The third-order valence-electron chi connectivity index (χ3n) is 1.98. The molecule has 3 heteroatoms. The van der Waals surface area contributed by atoms with Gasteiger partial charge in [0.15, 0.2) is 0 Å². The lowest BCUT2D eigenvalue weighted by Crippen LogP contribution is -1.88. The summed E-state index contributed by atoms with van der Waals surface area (Å²) in [6.45, 7) is 0.724. The molecule has 0 aliphatic carbocycles. The molecule has 0 aromatic heterocycles. The van der Waals surface area contributed by atoms with Gasteiger partial charge in [0.05, 0.1) is 13.7 Å². The fraction of sp³-hybridized carbons (Fsp3) is 0.333. The molecule has 1 aromatic rings. The van der Waals surface area contributed by atoms with Crippen molar-refractivity contribution < 1.29 is 9.47 Å². The maximum absolute atomic E-state index is 6.00. The monoisotopic (exact) mass is 184 g/mol. The minimum absolute atomic E-state index is 0.590. The molecule has 0 saturated heterocycles. The van der Waals surface area contributed by atoms with Crippen LogP contribution in [0.4, 0.5) is 0 Å². The van der Waals surface area contributed by atoms with Crippen molar-refractivity contribution in [1.82, 2.24) is 0 Å². The third-order valence-corrected chi connectivity index (χ3v) is 2.34. The molecule has 0 fully saturated rings. The van der Waals surface area contributed by atoms with Gasteiger partial charge in [0.1, 0.15) is 16.5 Å². The van der Waals surface area contributed by atoms with Gasteiger partial charge in [-0.05, 0) is 11.6 Å². The number of rotatable bonds is 1. The maximum Gasteiger partial charge on any atom is 0.145 e. The lowest BCUT2D eigenvalue weighted by molar-refractivity contribution is 0.353. The van der Waals surface area contributed by atoms with Gasteiger partial charge in [0, 0.05) is 6.42 Å². The maximum atomic E-state index is 6.00. The Bertz CT molecular complexity index is 310. The Morgan fingerprint density at radius 2 is 2.33 bits per heavy atom. The molecule has 1 heterocycles. The van der Waals surface area contributed by atoms with Crippen molar-refractivity contribution in [3.8, 4) is 11.5 Å². The molecule has 0 saturated carbocycles. The van der Waals surface area contributed by atoms with Crippen molar-refractivity contribution in [2.45, 2.75) is 6.42 Å². The Hall–Kier alpha value is -0.890. The number of methoxy groups -OCH3 is 1. The quantitative estimate of drug-likeness (QED) is 0.667. The van der Waals surface area contributed by atoms with E-state index in [1.54, 1.807) is 7.11 Å². The molecule has 64 valence electrons. The second kappa shape index (κ2) is 2.87. The molecular formula is C9H9ClO2. The van der Waals surface area contributed by atoms with E-state index < -0.39 is 0 Å². The zero-order valence-electron chi connectivity index (χ0n) is 6.76. The zero-order valence-corrected chi connectivity index (χ0v) is 7.52. The largest absolute Gasteiger partial charge is 0.495 e. The van der Waals surface area contributed by atoms with Gasteiger partial charge < -0.3 is 9.47 Å². The molecule has 0 amide bonds. The minimum Gasteiger partial charge on any atom is -0.495 e. The molecule has 1 aromatic carbocycles. The van der Waals surface area contributed by atoms with E-state index in [0.29, 0.717) is 10.8 Å². The SMILES string of the molecule is COc1ccc2c(c1Cl)OCC2. The summed E-state index contributed by atoms with van der Waals surface area (Å²) in [5.74, 6) is 1.47. The fourth-order valence-corrected chi connectivity index (χ4v) is 1.67. The summed E-state index contributed by atoms with van der Waals surface area (Å²) in [6.07, 6.45) is 0.943. The van der Waals surface area contributed by atoms with Crippen LogP contribution in [0.5, 0.6) is 11.5 Å². The van der Waals surface area contributed by atoms with Crippen molar-refractivity contribution >= 4 is 11.6 Å². The molecule has 2 nitrogen and oxygen atoms in total. The summed E-state index contributed by atoms with van der Waals surface area (Å²) in [5, 5.41) is 0.590. The molecule has 1 aliphatic rings. The molecule has 0 N–H and O–H groups in total. The lowest BCUT2D eigenvalue weighted by atomic mass is 10.2. The summed E-state index contributed by atoms with van der Waals surface area (Å²) >= 11 is 6.00. The van der Waals surface area contributed by atoms with Crippen LogP contribution >= 0.6 is 11.6 Å². The predicted octanol–water partition coefficient (Wildman–Crippen LogP) is 2.28. The number of ether oxygens (including phenoxy) is 2. The van der Waals surface area contributed by atoms with Crippen molar-refractivity contribution in [3.05, 3.63) is 22.7 Å². The highest BCUT2D eigenvalue weighted by molar-refractivity contribution is 6.33. The van der Waals surface area contributed by atoms with E-state index in [4.69, 9.17) is 21.1 Å². The summed E-state index contributed by atoms with van der Waals surface area (Å²) in [7, 11) is 1.60. The van der Waals surface area contributed by atoms with Gasteiger partial charge in [-0.15, -0.1) is 0 Å². The molecule has 0 unspecified atom stereocenters.